The molecule has 0 spiro atoms. The molecule has 0 heterocycles. The molecule has 90 heavy (non-hydrogen) atoms. The Morgan fingerprint density at radius 3 is 1.23 bits per heavy atom. The molecule has 0 unspecified atom stereocenters. The van der Waals surface area contributed by atoms with Gasteiger partial charge in [-0.3, -0.25) is 0 Å². The molecule has 0 N–H and O–H groups in total. The van der Waals surface area contributed by atoms with E-state index in [1.807, 2.05) is 0 Å². The van der Waals surface area contributed by atoms with Gasteiger partial charge in [-0.15, -0.1) is 0 Å². The van der Waals surface area contributed by atoms with Crippen LogP contribution in [0.5, 0.6) is 0 Å². The topological polar surface area (TPSA) is 0 Å². The molecule has 2 aliphatic rings. The molecule has 0 bridgehead atoms. The van der Waals surface area contributed by atoms with E-state index in [2.05, 4.69) is 308 Å². The molecule has 0 radical (unpaired) electrons. The van der Waals surface area contributed by atoms with E-state index in [9.17, 15) is 0 Å². The molecule has 0 aromatic heterocycles. The Bertz CT molecular complexity index is 5680. The third-order valence-corrected chi connectivity index (χ3v) is 20.8. The van der Waals surface area contributed by atoms with E-state index in [0.29, 0.717) is 0 Å². The Morgan fingerprint density at radius 2 is 0.700 bits per heavy atom. The maximum absolute atomic E-state index is 2.47. The number of benzene rings is 16. The molecule has 0 saturated heterocycles. The van der Waals surface area contributed by atoms with Gasteiger partial charge in [0.15, 0.2) is 0 Å². The number of hydrogen-bond acceptors (Lipinski definition) is 0. The second kappa shape index (κ2) is 20.7. The van der Waals surface area contributed by atoms with Crippen molar-refractivity contribution >= 4 is 113 Å². The van der Waals surface area contributed by atoms with Gasteiger partial charge in [0.1, 0.15) is 0 Å². The summed E-state index contributed by atoms with van der Waals surface area (Å²) in [6.07, 6.45) is 11.3. The summed E-state index contributed by atoms with van der Waals surface area (Å²) in [5, 5.41) is 26.3. The van der Waals surface area contributed by atoms with Crippen LogP contribution in [0.25, 0.3) is 158 Å². The van der Waals surface area contributed by atoms with Crippen LogP contribution in [0.1, 0.15) is 82.2 Å². The van der Waals surface area contributed by atoms with E-state index >= 15 is 0 Å². The van der Waals surface area contributed by atoms with Gasteiger partial charge < -0.3 is 0 Å². The fourth-order valence-corrected chi connectivity index (χ4v) is 15.7. The van der Waals surface area contributed by atoms with Crippen LogP contribution in [0.4, 0.5) is 0 Å². The largest absolute Gasteiger partial charge is 0.0838 e. The lowest BCUT2D eigenvalue weighted by atomic mass is 9.79. The monoisotopic (exact) mass is 1150 g/mol. The van der Waals surface area contributed by atoms with Crippen molar-refractivity contribution < 1.29 is 0 Å². The van der Waals surface area contributed by atoms with Crippen LogP contribution in [0.3, 0.4) is 0 Å². The summed E-state index contributed by atoms with van der Waals surface area (Å²) in [5.74, 6) is 0. The first-order valence-corrected chi connectivity index (χ1v) is 32.5. The zero-order chi connectivity index (χ0) is 60.6. The van der Waals surface area contributed by atoms with Gasteiger partial charge in [0, 0.05) is 0 Å². The van der Waals surface area contributed by atoms with E-state index in [-0.39, 0.29) is 10.8 Å². The molecule has 430 valence electrons. The lowest BCUT2D eigenvalue weighted by Gasteiger charge is -2.24. The normalized spacial score (nSPS) is 13.4. The molecule has 0 amide bonds. The van der Waals surface area contributed by atoms with Crippen molar-refractivity contribution in [3.05, 3.63) is 295 Å². The zero-order valence-corrected chi connectivity index (χ0v) is 52.2. The van der Waals surface area contributed by atoms with Gasteiger partial charge in [-0.2, -0.15) is 0 Å². The second-order valence-electron chi connectivity index (χ2n) is 27.3. The van der Waals surface area contributed by atoms with E-state index < -0.39 is 0 Å². The van der Waals surface area contributed by atoms with Gasteiger partial charge >= 0.3 is 0 Å². The number of fused-ring (bicyclic) bond motifs is 6. The van der Waals surface area contributed by atoms with Crippen molar-refractivity contribution in [3.63, 3.8) is 0 Å². The Kier molecular flexibility index (Phi) is 12.4. The lowest BCUT2D eigenvalue weighted by Crippen LogP contribution is -2.14. The average Bonchev–Trinajstić information content (AvgIpc) is 0.751. The quantitative estimate of drug-likeness (QED) is 0.0884. The lowest BCUT2D eigenvalue weighted by molar-refractivity contribution is 0.506. The summed E-state index contributed by atoms with van der Waals surface area (Å²) in [5.41, 5.74) is 19.4. The molecule has 16 aromatic carbocycles. The molecule has 0 aliphatic heterocycles. The van der Waals surface area contributed by atoms with Gasteiger partial charge in [-0.1, -0.05) is 284 Å². The first-order valence-electron chi connectivity index (χ1n) is 32.5. The van der Waals surface area contributed by atoms with Crippen molar-refractivity contribution in [1.82, 2.24) is 0 Å². The van der Waals surface area contributed by atoms with Crippen molar-refractivity contribution in [3.8, 4) is 44.5 Å². The average molecular weight is 1150 g/mol. The van der Waals surface area contributed by atoms with Crippen LogP contribution in [0.2, 0.25) is 0 Å². The number of rotatable bonds is 6. The molecular formula is C90H70. The van der Waals surface area contributed by atoms with E-state index in [1.54, 1.807) is 0 Å². The number of allylic oxidation sites excluding steroid dienone is 4. The minimum absolute atomic E-state index is 0.126. The number of hydrogen-bond donors (Lipinski definition) is 0. The van der Waals surface area contributed by atoms with Gasteiger partial charge in [0.25, 0.3) is 0 Å². The van der Waals surface area contributed by atoms with Crippen LogP contribution in [0, 0.1) is 0 Å². The van der Waals surface area contributed by atoms with Crippen LogP contribution in [0.15, 0.2) is 267 Å². The van der Waals surface area contributed by atoms with Crippen LogP contribution in [-0.2, 0) is 23.7 Å². The highest BCUT2D eigenvalue weighted by molar-refractivity contribution is 6.31. The SMILES string of the molecule is C1=CCc2ccc3c(-c4c5ccccc5c(-c5ccc6ccc7cccc8ccc5c6c78)c5cc6ccccc6cc45)ccc4c3c2C(=CC4)C1.CCC(C)(C)c1ccc(-c2c3ccccc3c(-c3ccc(C(C)(C)C)cc3)c3cc4ccccc4cc23)cc1. The van der Waals surface area contributed by atoms with Crippen LogP contribution < -0.4 is 0 Å². The van der Waals surface area contributed by atoms with E-state index in [4.69, 9.17) is 0 Å². The Labute approximate surface area is 527 Å². The molecular weight excluding hydrogens is 1080 g/mol. The third kappa shape index (κ3) is 8.56. The Balaban J connectivity index is 0.000000144. The standard InChI is InChI=1S/C51H32.C39H38/c1-2-9-31-20-24-40-42(26-22-34-18-16-30(8-1)46(31)48(34)40)50-38-14-5-6-15-39(38)51(45-29-37-11-4-3-10-36(37)28-44(45)50)43-27-23-35-19-17-32-12-7-13-33-21-25-41(43)49(35)47(32)33;1-7-39(5,6)31-22-18-27(19-23-31)37-33-15-11-10-14-32(33)36(26-16-20-30(21-17-26)38(2,3)4)34-24-28-12-8-9-13-29(28)25-35(34)37/h1-7,10-17,19-29H,8-9,18H2;8-25H,7H2,1-6H3. The van der Waals surface area contributed by atoms with Crippen molar-refractivity contribution in [2.75, 3.05) is 0 Å². The zero-order valence-electron chi connectivity index (χ0n) is 52.2. The minimum Gasteiger partial charge on any atom is -0.0838 e. The predicted molar refractivity (Wildman–Crippen MR) is 392 cm³/mol. The Morgan fingerprint density at radius 1 is 0.289 bits per heavy atom. The van der Waals surface area contributed by atoms with E-state index in [1.165, 1.54) is 186 Å². The highest BCUT2D eigenvalue weighted by atomic mass is 14.3. The first-order chi connectivity index (χ1) is 44.0. The maximum atomic E-state index is 2.47. The van der Waals surface area contributed by atoms with Crippen molar-refractivity contribution in [1.29, 1.82) is 0 Å². The first kappa shape index (κ1) is 54.0. The second-order valence-corrected chi connectivity index (χ2v) is 27.3. The molecule has 16 aromatic rings. The summed E-state index contributed by atoms with van der Waals surface area (Å²) in [4.78, 5) is 0. The molecule has 0 atom stereocenters. The van der Waals surface area contributed by atoms with Gasteiger partial charge in [0.05, 0.1) is 0 Å². The van der Waals surface area contributed by atoms with Crippen molar-refractivity contribution in [2.45, 2.75) is 78.1 Å². The molecule has 0 fully saturated rings. The molecule has 0 nitrogen and oxygen atoms in total. The molecule has 18 rings (SSSR count). The fourth-order valence-electron chi connectivity index (χ4n) is 15.7. The predicted octanol–water partition coefficient (Wildman–Crippen LogP) is 25.4. The van der Waals surface area contributed by atoms with Gasteiger partial charge in [-0.05, 0) is 246 Å². The molecule has 0 heteroatoms. The van der Waals surface area contributed by atoms with Gasteiger partial charge in [0.2, 0.25) is 0 Å². The minimum atomic E-state index is 0.126. The van der Waals surface area contributed by atoms with Crippen molar-refractivity contribution in [2.24, 2.45) is 0 Å². The highest BCUT2D eigenvalue weighted by Crippen LogP contribution is 2.52. The van der Waals surface area contributed by atoms with Crippen LogP contribution in [-0.4, -0.2) is 0 Å². The summed E-state index contributed by atoms with van der Waals surface area (Å²) < 4.78 is 0. The summed E-state index contributed by atoms with van der Waals surface area (Å²) in [6.45, 7) is 13.8. The fraction of sp³-hybridized carbons (Fsp3) is 0.133. The van der Waals surface area contributed by atoms with E-state index in [0.717, 1.165) is 25.7 Å². The maximum Gasteiger partial charge on any atom is -0.00199 e. The Hall–Kier alpha value is -10.1. The highest BCUT2D eigenvalue weighted by Gasteiger charge is 2.27. The van der Waals surface area contributed by atoms with Crippen LogP contribution >= 0.6 is 0 Å². The molecule has 2 aliphatic carbocycles. The third-order valence-electron chi connectivity index (χ3n) is 20.8. The summed E-state index contributed by atoms with van der Waals surface area (Å²) in [6, 6.07) is 94.4. The van der Waals surface area contributed by atoms with Gasteiger partial charge in [-0.25, -0.2) is 0 Å². The summed E-state index contributed by atoms with van der Waals surface area (Å²) >= 11 is 0. The smallest absolute Gasteiger partial charge is 0.00199 e. The summed E-state index contributed by atoms with van der Waals surface area (Å²) in [7, 11) is 0. The molecule has 0 saturated carbocycles.